The smallest absolute Gasteiger partial charge is 0.378 e. The highest BCUT2D eigenvalue weighted by molar-refractivity contribution is 7.80. The predicted octanol–water partition coefficient (Wildman–Crippen LogP) is -1.99. The molecule has 0 aromatic heterocycles. The van der Waals surface area contributed by atoms with Gasteiger partial charge in [-0.2, -0.15) is 12.6 Å². The average molecular weight is 321 g/mol. The molecule has 0 bridgehead atoms. The van der Waals surface area contributed by atoms with Crippen molar-refractivity contribution in [2.75, 3.05) is 12.4 Å². The molecule has 118 valence electrons. The lowest BCUT2D eigenvalue weighted by Crippen LogP contribution is -2.43. The third kappa shape index (κ3) is 4.09. The van der Waals surface area contributed by atoms with Gasteiger partial charge in [-0.1, -0.05) is 0 Å². The van der Waals surface area contributed by atoms with E-state index in [1.54, 1.807) is 0 Å². The molecule has 1 heterocycles. The maximum Gasteiger partial charge on any atom is 0.378 e. The molecule has 0 saturated carbocycles. The molecule has 0 aliphatic carbocycles. The monoisotopic (exact) mass is 321 g/mol. The quantitative estimate of drug-likeness (QED) is 0.280. The van der Waals surface area contributed by atoms with Gasteiger partial charge in [0.15, 0.2) is 6.10 Å². The maximum absolute atomic E-state index is 11.8. The molecule has 0 unspecified atom stereocenters. The minimum absolute atomic E-state index is 0.0888. The van der Waals surface area contributed by atoms with Crippen LogP contribution in [0.25, 0.3) is 0 Å². The largest absolute Gasteiger partial charge is 0.499 e. The van der Waals surface area contributed by atoms with Crippen molar-refractivity contribution in [2.45, 2.75) is 25.2 Å². The van der Waals surface area contributed by atoms with Gasteiger partial charge in [-0.15, -0.1) is 0 Å². The number of aliphatic hydroxyl groups is 3. The normalized spacial score (nSPS) is 20.8. The molecular weight excluding hydrogens is 306 g/mol. The van der Waals surface area contributed by atoms with E-state index in [1.807, 2.05) is 0 Å². The van der Waals surface area contributed by atoms with Crippen LogP contribution in [0, 0.1) is 0 Å². The molecule has 10 heteroatoms. The number of aliphatic hydroxyl groups excluding tert-OH is 3. The molecule has 0 spiro atoms. The summed E-state index contributed by atoms with van der Waals surface area (Å²) in [7, 11) is 0. The number of nitrogens with one attached hydrogen (secondary N) is 1. The minimum atomic E-state index is -1.57. The van der Waals surface area contributed by atoms with Gasteiger partial charge < -0.3 is 30.1 Å². The molecule has 3 atom stereocenters. The number of carbonyl (C=O) groups excluding carboxylic acids is 3. The SMILES string of the molecule is CC(=O)N[C@@H](CS)C(=O)OC1=C(O)C(=O)O[C@@H]1[C@@H](O)CO. The first-order valence-electron chi connectivity index (χ1n) is 5.84. The van der Waals surface area contributed by atoms with Crippen LogP contribution in [0.5, 0.6) is 0 Å². The molecule has 1 rings (SSSR count). The van der Waals surface area contributed by atoms with Crippen molar-refractivity contribution >= 4 is 30.5 Å². The Bertz CT molecular complexity index is 477. The summed E-state index contributed by atoms with van der Waals surface area (Å²) in [5.41, 5.74) is 0. The van der Waals surface area contributed by atoms with Gasteiger partial charge in [0.05, 0.1) is 6.61 Å². The topological polar surface area (TPSA) is 142 Å². The molecule has 9 nitrogen and oxygen atoms in total. The fourth-order valence-electron chi connectivity index (χ4n) is 1.52. The lowest BCUT2D eigenvalue weighted by molar-refractivity contribution is -0.152. The molecule has 1 aliphatic rings. The van der Waals surface area contributed by atoms with E-state index < -0.39 is 54.2 Å². The van der Waals surface area contributed by atoms with Gasteiger partial charge >= 0.3 is 11.9 Å². The van der Waals surface area contributed by atoms with E-state index in [2.05, 4.69) is 22.7 Å². The zero-order valence-electron chi connectivity index (χ0n) is 11.0. The van der Waals surface area contributed by atoms with Crippen molar-refractivity contribution in [3.63, 3.8) is 0 Å². The first-order chi connectivity index (χ1) is 9.81. The van der Waals surface area contributed by atoms with Gasteiger partial charge in [-0.3, -0.25) is 4.79 Å². The van der Waals surface area contributed by atoms with Crippen molar-refractivity contribution in [3.05, 3.63) is 11.5 Å². The van der Waals surface area contributed by atoms with Crippen LogP contribution in [-0.2, 0) is 23.9 Å². The Kier molecular flexibility index (Phi) is 6.00. The van der Waals surface area contributed by atoms with Crippen molar-refractivity contribution < 1.29 is 39.2 Å². The summed E-state index contributed by atoms with van der Waals surface area (Å²) in [6, 6.07) is -1.12. The van der Waals surface area contributed by atoms with Gasteiger partial charge in [0, 0.05) is 12.7 Å². The summed E-state index contributed by atoms with van der Waals surface area (Å²) >= 11 is 3.87. The van der Waals surface area contributed by atoms with Crippen LogP contribution in [0.15, 0.2) is 11.5 Å². The Hall–Kier alpha value is -1.78. The molecular formula is C11H15NO8S. The third-order valence-electron chi connectivity index (χ3n) is 2.51. The number of hydrogen-bond donors (Lipinski definition) is 5. The van der Waals surface area contributed by atoms with E-state index in [-0.39, 0.29) is 5.75 Å². The van der Waals surface area contributed by atoms with E-state index in [0.29, 0.717) is 0 Å². The van der Waals surface area contributed by atoms with Crippen molar-refractivity contribution in [2.24, 2.45) is 0 Å². The first kappa shape index (κ1) is 17.3. The summed E-state index contributed by atoms with van der Waals surface area (Å²) in [6.45, 7) is 0.398. The highest BCUT2D eigenvalue weighted by Gasteiger charge is 2.42. The molecule has 0 saturated heterocycles. The standard InChI is InChI=1S/C11H15NO8S/c1-4(14)12-5(3-21)10(17)20-9-7(16)11(18)19-8(9)6(15)2-13/h5-6,8,13,15-16,21H,2-3H2,1H3,(H,12,14)/t5-,6-,8+/m0/s1. The zero-order chi connectivity index (χ0) is 16.2. The number of amides is 1. The summed E-state index contributed by atoms with van der Waals surface area (Å²) in [4.78, 5) is 34.0. The van der Waals surface area contributed by atoms with Gasteiger partial charge in [0.2, 0.25) is 17.4 Å². The first-order valence-corrected chi connectivity index (χ1v) is 6.47. The van der Waals surface area contributed by atoms with Gasteiger partial charge in [0.1, 0.15) is 12.1 Å². The molecule has 0 aromatic carbocycles. The molecule has 0 aromatic rings. The highest BCUT2D eigenvalue weighted by Crippen LogP contribution is 2.25. The van der Waals surface area contributed by atoms with E-state index in [4.69, 9.17) is 9.84 Å². The Labute approximate surface area is 124 Å². The molecule has 1 amide bonds. The summed E-state index contributed by atoms with van der Waals surface area (Å²) < 4.78 is 9.37. The summed E-state index contributed by atoms with van der Waals surface area (Å²) in [6.07, 6.45) is -3.08. The highest BCUT2D eigenvalue weighted by atomic mass is 32.1. The fraction of sp³-hybridized carbons (Fsp3) is 0.545. The van der Waals surface area contributed by atoms with Crippen LogP contribution in [0.2, 0.25) is 0 Å². The number of rotatable bonds is 6. The summed E-state index contributed by atoms with van der Waals surface area (Å²) in [5, 5.41) is 30.0. The Morgan fingerprint density at radius 3 is 2.62 bits per heavy atom. The Balaban J connectivity index is 2.89. The third-order valence-corrected chi connectivity index (χ3v) is 2.88. The number of cyclic esters (lactones) is 1. The van der Waals surface area contributed by atoms with Crippen LogP contribution >= 0.6 is 12.6 Å². The number of thiol groups is 1. The molecule has 21 heavy (non-hydrogen) atoms. The van der Waals surface area contributed by atoms with E-state index in [0.717, 1.165) is 0 Å². The van der Waals surface area contributed by atoms with Crippen molar-refractivity contribution in [1.29, 1.82) is 0 Å². The summed E-state index contributed by atoms with van der Waals surface area (Å²) in [5.74, 6) is -4.40. The number of esters is 2. The van der Waals surface area contributed by atoms with Crippen LogP contribution in [0.3, 0.4) is 0 Å². The second kappa shape index (κ2) is 7.29. The average Bonchev–Trinajstić information content (AvgIpc) is 2.71. The van der Waals surface area contributed by atoms with Crippen LogP contribution < -0.4 is 5.32 Å². The van der Waals surface area contributed by atoms with Crippen LogP contribution in [0.4, 0.5) is 0 Å². The minimum Gasteiger partial charge on any atom is -0.499 e. The Morgan fingerprint density at radius 1 is 1.52 bits per heavy atom. The number of hydrogen-bond acceptors (Lipinski definition) is 9. The van der Waals surface area contributed by atoms with E-state index in [1.165, 1.54) is 6.92 Å². The molecule has 4 N–H and O–H groups in total. The van der Waals surface area contributed by atoms with Crippen molar-refractivity contribution in [1.82, 2.24) is 5.32 Å². The Morgan fingerprint density at radius 2 is 2.14 bits per heavy atom. The van der Waals surface area contributed by atoms with E-state index >= 15 is 0 Å². The zero-order valence-corrected chi connectivity index (χ0v) is 11.9. The lowest BCUT2D eigenvalue weighted by atomic mass is 10.2. The van der Waals surface area contributed by atoms with Gasteiger partial charge in [-0.05, 0) is 0 Å². The van der Waals surface area contributed by atoms with Gasteiger partial charge in [-0.25, -0.2) is 9.59 Å². The fourth-order valence-corrected chi connectivity index (χ4v) is 1.76. The molecule has 1 aliphatic heterocycles. The predicted molar refractivity (Wildman–Crippen MR) is 70.2 cm³/mol. The molecule has 0 fully saturated rings. The lowest BCUT2D eigenvalue weighted by Gasteiger charge is -2.19. The second-order valence-electron chi connectivity index (χ2n) is 4.15. The van der Waals surface area contributed by atoms with Gasteiger partial charge in [0.25, 0.3) is 0 Å². The van der Waals surface area contributed by atoms with Crippen molar-refractivity contribution in [3.8, 4) is 0 Å². The van der Waals surface area contributed by atoms with E-state index in [9.17, 15) is 24.6 Å². The number of ether oxygens (including phenoxy) is 2. The molecule has 0 radical (unpaired) electrons. The van der Waals surface area contributed by atoms with Crippen LogP contribution in [0.1, 0.15) is 6.92 Å². The maximum atomic E-state index is 11.8. The van der Waals surface area contributed by atoms with Crippen LogP contribution in [-0.4, -0.2) is 63.8 Å². The second-order valence-corrected chi connectivity index (χ2v) is 4.51. The number of carbonyl (C=O) groups is 3.